The van der Waals surface area contributed by atoms with Crippen LogP contribution < -0.4 is 19.7 Å². The van der Waals surface area contributed by atoms with Gasteiger partial charge in [-0.05, 0) is 35.9 Å². The number of rotatable bonds is 6. The van der Waals surface area contributed by atoms with Crippen LogP contribution in [0.15, 0.2) is 60.9 Å². The molecule has 0 unspecified atom stereocenters. The zero-order valence-corrected chi connectivity index (χ0v) is 18.7. The topological polar surface area (TPSA) is 88.5 Å². The average Bonchev–Trinajstić information content (AvgIpc) is 3.36. The molecule has 9 nitrogen and oxygen atoms in total. The molecule has 2 aromatic heterocycles. The molecule has 6 rings (SSSR count). The fourth-order valence-corrected chi connectivity index (χ4v) is 4.33. The maximum absolute atomic E-state index is 5.51. The van der Waals surface area contributed by atoms with E-state index in [1.165, 1.54) is 0 Å². The SMILES string of the molecule is c1cnc(N2CCN(Cc3nc(NCc4ccc5c(c4)OCO5)c4ccccc4n3)CC2)nc1. The van der Waals surface area contributed by atoms with E-state index in [0.29, 0.717) is 13.1 Å². The Kier molecular flexibility index (Phi) is 5.52. The van der Waals surface area contributed by atoms with Gasteiger partial charge in [-0.15, -0.1) is 0 Å². The normalized spacial score (nSPS) is 15.6. The zero-order valence-electron chi connectivity index (χ0n) is 18.7. The Hall–Kier alpha value is -3.98. The molecule has 1 fully saturated rings. The molecule has 0 spiro atoms. The average molecular weight is 456 g/mol. The predicted octanol–water partition coefficient (Wildman–Crippen LogP) is 3.08. The van der Waals surface area contributed by atoms with Crippen molar-refractivity contribution in [2.45, 2.75) is 13.1 Å². The van der Waals surface area contributed by atoms with Gasteiger partial charge in [0.25, 0.3) is 0 Å². The molecular formula is C25H25N7O2. The summed E-state index contributed by atoms with van der Waals surface area (Å²) >= 11 is 0. The summed E-state index contributed by atoms with van der Waals surface area (Å²) in [5.74, 6) is 4.02. The van der Waals surface area contributed by atoms with Crippen LogP contribution in [0.4, 0.5) is 11.8 Å². The molecule has 9 heteroatoms. The molecule has 4 heterocycles. The molecule has 0 amide bonds. The monoisotopic (exact) mass is 455 g/mol. The molecular weight excluding hydrogens is 430 g/mol. The molecule has 34 heavy (non-hydrogen) atoms. The first-order valence-electron chi connectivity index (χ1n) is 11.4. The molecule has 2 aliphatic rings. The van der Waals surface area contributed by atoms with E-state index in [1.807, 2.05) is 42.5 Å². The highest BCUT2D eigenvalue weighted by atomic mass is 16.7. The van der Waals surface area contributed by atoms with Crippen molar-refractivity contribution >= 4 is 22.7 Å². The van der Waals surface area contributed by atoms with Crippen molar-refractivity contribution in [1.82, 2.24) is 24.8 Å². The fraction of sp³-hybridized carbons (Fsp3) is 0.280. The zero-order chi connectivity index (χ0) is 22.7. The summed E-state index contributed by atoms with van der Waals surface area (Å²) in [7, 11) is 0. The van der Waals surface area contributed by atoms with Crippen LogP contribution >= 0.6 is 0 Å². The first-order chi connectivity index (χ1) is 16.8. The predicted molar refractivity (Wildman–Crippen MR) is 129 cm³/mol. The number of fused-ring (bicyclic) bond motifs is 2. The number of anilines is 2. The molecule has 1 saturated heterocycles. The highest BCUT2D eigenvalue weighted by molar-refractivity contribution is 5.89. The number of ether oxygens (including phenoxy) is 2. The second-order valence-electron chi connectivity index (χ2n) is 8.36. The molecule has 172 valence electrons. The minimum Gasteiger partial charge on any atom is -0.454 e. The van der Waals surface area contributed by atoms with Crippen molar-refractivity contribution in [3.63, 3.8) is 0 Å². The highest BCUT2D eigenvalue weighted by Gasteiger charge is 2.20. The lowest BCUT2D eigenvalue weighted by Crippen LogP contribution is -2.46. The van der Waals surface area contributed by atoms with Crippen LogP contribution in [0.2, 0.25) is 0 Å². The number of hydrogen-bond acceptors (Lipinski definition) is 9. The second kappa shape index (κ2) is 9.11. The van der Waals surface area contributed by atoms with Gasteiger partial charge < -0.3 is 19.7 Å². The Labute approximate surface area is 197 Å². The van der Waals surface area contributed by atoms with Crippen LogP contribution in [0.5, 0.6) is 11.5 Å². The van der Waals surface area contributed by atoms with E-state index in [4.69, 9.17) is 19.4 Å². The highest BCUT2D eigenvalue weighted by Crippen LogP contribution is 2.33. The third-order valence-corrected chi connectivity index (χ3v) is 6.12. The maximum Gasteiger partial charge on any atom is 0.231 e. The van der Waals surface area contributed by atoms with Crippen LogP contribution in [0, 0.1) is 0 Å². The first-order valence-corrected chi connectivity index (χ1v) is 11.4. The quantitative estimate of drug-likeness (QED) is 0.471. The third-order valence-electron chi connectivity index (χ3n) is 6.12. The van der Waals surface area contributed by atoms with E-state index >= 15 is 0 Å². The van der Waals surface area contributed by atoms with Gasteiger partial charge in [-0.2, -0.15) is 0 Å². The Morgan fingerprint density at radius 3 is 2.56 bits per heavy atom. The number of nitrogens with zero attached hydrogens (tertiary/aromatic N) is 6. The van der Waals surface area contributed by atoms with E-state index in [9.17, 15) is 0 Å². The van der Waals surface area contributed by atoms with Crippen LogP contribution in [-0.4, -0.2) is 57.8 Å². The Morgan fingerprint density at radius 1 is 0.853 bits per heavy atom. The second-order valence-corrected chi connectivity index (χ2v) is 8.36. The van der Waals surface area contributed by atoms with Crippen molar-refractivity contribution in [3.05, 3.63) is 72.3 Å². The Bertz CT molecular complexity index is 1290. The number of nitrogens with one attached hydrogen (secondary N) is 1. The summed E-state index contributed by atoms with van der Waals surface area (Å²) in [4.78, 5) is 23.1. The molecule has 0 atom stereocenters. The molecule has 0 radical (unpaired) electrons. The van der Waals surface area contributed by atoms with E-state index in [-0.39, 0.29) is 6.79 Å². The summed E-state index contributed by atoms with van der Waals surface area (Å²) in [6.07, 6.45) is 3.57. The molecule has 0 saturated carbocycles. The van der Waals surface area contributed by atoms with Crippen LogP contribution in [-0.2, 0) is 13.1 Å². The fourth-order valence-electron chi connectivity index (χ4n) is 4.33. The lowest BCUT2D eigenvalue weighted by Gasteiger charge is -2.34. The lowest BCUT2D eigenvalue weighted by atomic mass is 10.2. The summed E-state index contributed by atoms with van der Waals surface area (Å²) in [6, 6.07) is 16.0. The summed E-state index contributed by atoms with van der Waals surface area (Å²) in [6.45, 7) is 5.20. The van der Waals surface area contributed by atoms with Gasteiger partial charge in [-0.3, -0.25) is 4.90 Å². The Balaban J connectivity index is 1.16. The first kappa shape index (κ1) is 20.6. The number of aromatic nitrogens is 4. The number of para-hydroxylation sites is 1. The van der Waals surface area contributed by atoms with Gasteiger partial charge in [0, 0.05) is 50.5 Å². The molecule has 4 aromatic rings. The van der Waals surface area contributed by atoms with Gasteiger partial charge >= 0.3 is 0 Å². The molecule has 2 aromatic carbocycles. The third kappa shape index (κ3) is 4.29. The maximum atomic E-state index is 5.51. The lowest BCUT2D eigenvalue weighted by molar-refractivity contribution is 0.174. The standard InChI is InChI=1S/C25H25N7O2/c1-2-5-20-19(4-1)24(28-15-18-6-7-21-22(14-18)34-17-33-21)30-23(29-20)16-31-10-12-32(13-11-31)25-26-8-3-9-27-25/h1-9,14H,10-13,15-17H2,(H,28,29,30). The van der Waals surface area contributed by atoms with Gasteiger partial charge in [-0.1, -0.05) is 18.2 Å². The summed E-state index contributed by atoms with van der Waals surface area (Å²) in [5, 5.41) is 4.52. The van der Waals surface area contributed by atoms with E-state index < -0.39 is 0 Å². The number of benzene rings is 2. The van der Waals surface area contributed by atoms with Gasteiger partial charge in [0.15, 0.2) is 11.5 Å². The minimum atomic E-state index is 0.277. The van der Waals surface area contributed by atoms with Crippen LogP contribution in [0.1, 0.15) is 11.4 Å². The van der Waals surface area contributed by atoms with Crippen molar-refractivity contribution in [1.29, 1.82) is 0 Å². The van der Waals surface area contributed by atoms with Gasteiger partial charge in [-0.25, -0.2) is 19.9 Å². The number of piperazine rings is 1. The van der Waals surface area contributed by atoms with Crippen molar-refractivity contribution in [2.24, 2.45) is 0 Å². The van der Waals surface area contributed by atoms with E-state index in [0.717, 1.165) is 71.7 Å². The van der Waals surface area contributed by atoms with E-state index in [1.54, 1.807) is 12.4 Å². The smallest absolute Gasteiger partial charge is 0.231 e. The Morgan fingerprint density at radius 2 is 1.68 bits per heavy atom. The van der Waals surface area contributed by atoms with Gasteiger partial charge in [0.2, 0.25) is 12.7 Å². The molecule has 0 aliphatic carbocycles. The van der Waals surface area contributed by atoms with Crippen molar-refractivity contribution in [2.75, 3.05) is 43.2 Å². The van der Waals surface area contributed by atoms with Crippen LogP contribution in [0.25, 0.3) is 10.9 Å². The molecule has 2 aliphatic heterocycles. The number of hydrogen-bond donors (Lipinski definition) is 1. The largest absolute Gasteiger partial charge is 0.454 e. The van der Waals surface area contributed by atoms with Crippen molar-refractivity contribution < 1.29 is 9.47 Å². The minimum absolute atomic E-state index is 0.277. The van der Waals surface area contributed by atoms with Gasteiger partial charge in [0.1, 0.15) is 11.6 Å². The molecule has 1 N–H and O–H groups in total. The van der Waals surface area contributed by atoms with E-state index in [2.05, 4.69) is 31.2 Å². The summed E-state index contributed by atoms with van der Waals surface area (Å²) in [5.41, 5.74) is 2.05. The van der Waals surface area contributed by atoms with Crippen molar-refractivity contribution in [3.8, 4) is 11.5 Å². The summed E-state index contributed by atoms with van der Waals surface area (Å²) < 4.78 is 10.9. The molecule has 0 bridgehead atoms. The van der Waals surface area contributed by atoms with Gasteiger partial charge in [0.05, 0.1) is 12.1 Å². The van der Waals surface area contributed by atoms with Crippen LogP contribution in [0.3, 0.4) is 0 Å².